The highest BCUT2D eigenvalue weighted by Gasteiger charge is 2.41. The molecule has 0 aliphatic heterocycles. The smallest absolute Gasteiger partial charge is 0.231 e. The highest BCUT2D eigenvalue weighted by atomic mass is 35.5. The van der Waals surface area contributed by atoms with Gasteiger partial charge in [0.15, 0.2) is 0 Å². The molecule has 2 aliphatic rings. The summed E-state index contributed by atoms with van der Waals surface area (Å²) in [4.78, 5) is 11.7. The Bertz CT molecular complexity index is 308. The molecule has 0 aromatic rings. The van der Waals surface area contributed by atoms with Crippen molar-refractivity contribution in [1.29, 1.82) is 0 Å². The molecule has 0 amide bonds. The lowest BCUT2D eigenvalue weighted by molar-refractivity contribution is -0.120. The summed E-state index contributed by atoms with van der Waals surface area (Å²) in [6.45, 7) is 0. The van der Waals surface area contributed by atoms with Crippen LogP contribution in [0.15, 0.2) is 23.8 Å². The van der Waals surface area contributed by atoms with Gasteiger partial charge in [-0.1, -0.05) is 43.1 Å². The van der Waals surface area contributed by atoms with Crippen molar-refractivity contribution in [3.8, 4) is 0 Å². The Hall–Kier alpha value is -0.560. The van der Waals surface area contributed by atoms with Crippen LogP contribution in [0.4, 0.5) is 0 Å². The fraction of sp³-hybridized carbons (Fsp3) is 0.615. The van der Waals surface area contributed by atoms with Gasteiger partial charge in [-0.25, -0.2) is 0 Å². The number of hydrogen-bond acceptors (Lipinski definition) is 1. The SMILES string of the molecule is O=C(Cl)C1(C2=CC=CCC2)CCCCC1. The predicted octanol–water partition coefficient (Wildman–Crippen LogP) is 3.98. The largest absolute Gasteiger partial charge is 0.280 e. The maximum absolute atomic E-state index is 11.7. The van der Waals surface area contributed by atoms with Gasteiger partial charge in [-0.2, -0.15) is 0 Å². The average molecular weight is 225 g/mol. The van der Waals surface area contributed by atoms with Crippen LogP contribution in [-0.2, 0) is 4.79 Å². The van der Waals surface area contributed by atoms with Crippen LogP contribution < -0.4 is 0 Å². The second-order valence-corrected chi connectivity index (χ2v) is 4.92. The average Bonchev–Trinajstić information content (AvgIpc) is 2.31. The first kappa shape index (κ1) is 10.9. The molecule has 1 fully saturated rings. The van der Waals surface area contributed by atoms with E-state index in [1.165, 1.54) is 12.0 Å². The van der Waals surface area contributed by atoms with Crippen LogP contribution in [-0.4, -0.2) is 5.24 Å². The van der Waals surface area contributed by atoms with Gasteiger partial charge < -0.3 is 0 Å². The third-order valence-electron chi connectivity index (χ3n) is 3.71. The van der Waals surface area contributed by atoms with Gasteiger partial charge in [-0.15, -0.1) is 0 Å². The minimum Gasteiger partial charge on any atom is -0.280 e. The summed E-state index contributed by atoms with van der Waals surface area (Å²) in [5, 5.41) is -0.135. The molecule has 2 rings (SSSR count). The first-order valence-electron chi connectivity index (χ1n) is 5.82. The van der Waals surface area contributed by atoms with Crippen molar-refractivity contribution in [3.05, 3.63) is 23.8 Å². The maximum Gasteiger partial charge on any atom is 0.231 e. The van der Waals surface area contributed by atoms with E-state index < -0.39 is 0 Å². The van der Waals surface area contributed by atoms with Crippen molar-refractivity contribution in [2.45, 2.75) is 44.9 Å². The Kier molecular flexibility index (Phi) is 3.30. The Morgan fingerprint density at radius 1 is 1.27 bits per heavy atom. The molecule has 0 saturated heterocycles. The molecule has 2 heteroatoms. The number of rotatable bonds is 2. The number of carbonyl (C=O) groups is 1. The van der Waals surface area contributed by atoms with Gasteiger partial charge in [0, 0.05) is 0 Å². The molecule has 0 aromatic carbocycles. The number of hydrogen-bond donors (Lipinski definition) is 0. The fourth-order valence-electron chi connectivity index (χ4n) is 2.80. The molecule has 0 bridgehead atoms. The molecular weight excluding hydrogens is 208 g/mol. The Labute approximate surface area is 96.2 Å². The van der Waals surface area contributed by atoms with E-state index in [-0.39, 0.29) is 10.7 Å². The molecule has 1 saturated carbocycles. The van der Waals surface area contributed by atoms with Crippen LogP contribution in [0, 0.1) is 5.41 Å². The van der Waals surface area contributed by atoms with Crippen molar-refractivity contribution in [1.82, 2.24) is 0 Å². The standard InChI is InChI=1S/C13H17ClO/c14-12(15)13(9-5-2-6-10-13)11-7-3-1-4-8-11/h1,3,7H,2,4-6,8-10H2. The lowest BCUT2D eigenvalue weighted by Gasteiger charge is -2.36. The zero-order valence-electron chi connectivity index (χ0n) is 8.97. The summed E-state index contributed by atoms with van der Waals surface area (Å²) in [5.41, 5.74) is 0.953. The topological polar surface area (TPSA) is 17.1 Å². The molecule has 2 aliphatic carbocycles. The van der Waals surface area contributed by atoms with Crippen molar-refractivity contribution in [3.63, 3.8) is 0 Å². The summed E-state index contributed by atoms with van der Waals surface area (Å²) in [5.74, 6) is 0. The van der Waals surface area contributed by atoms with E-state index in [0.29, 0.717) is 0 Å². The highest BCUT2D eigenvalue weighted by molar-refractivity contribution is 6.65. The zero-order chi connectivity index (χ0) is 10.7. The Morgan fingerprint density at radius 2 is 2.00 bits per heavy atom. The van der Waals surface area contributed by atoms with E-state index in [4.69, 9.17) is 11.6 Å². The Balaban J connectivity index is 2.28. The molecule has 1 nitrogen and oxygen atoms in total. The molecule has 0 spiro atoms. The molecule has 0 radical (unpaired) electrons. The number of allylic oxidation sites excluding steroid dienone is 4. The van der Waals surface area contributed by atoms with Gasteiger partial charge >= 0.3 is 0 Å². The molecular formula is C13H17ClO. The maximum atomic E-state index is 11.7. The number of halogens is 1. The van der Waals surface area contributed by atoms with Gasteiger partial charge in [0.25, 0.3) is 0 Å². The molecule has 0 aromatic heterocycles. The molecule has 0 heterocycles. The lowest BCUT2D eigenvalue weighted by atomic mass is 9.68. The minimum absolute atomic E-state index is 0.135. The quantitative estimate of drug-likeness (QED) is 0.649. The van der Waals surface area contributed by atoms with Gasteiger partial charge in [0.1, 0.15) is 0 Å². The van der Waals surface area contributed by atoms with E-state index in [9.17, 15) is 4.79 Å². The van der Waals surface area contributed by atoms with Crippen LogP contribution in [0.25, 0.3) is 0 Å². The van der Waals surface area contributed by atoms with E-state index >= 15 is 0 Å². The molecule has 15 heavy (non-hydrogen) atoms. The number of carbonyl (C=O) groups excluding carboxylic acids is 1. The molecule has 0 unspecified atom stereocenters. The van der Waals surface area contributed by atoms with Crippen LogP contribution in [0.5, 0.6) is 0 Å². The summed E-state index contributed by atoms with van der Waals surface area (Å²) in [7, 11) is 0. The van der Waals surface area contributed by atoms with Crippen LogP contribution in [0.3, 0.4) is 0 Å². The summed E-state index contributed by atoms with van der Waals surface area (Å²) in [6.07, 6.45) is 13.8. The van der Waals surface area contributed by atoms with Gasteiger partial charge in [-0.05, 0) is 37.3 Å². The first-order valence-corrected chi connectivity index (χ1v) is 6.20. The van der Waals surface area contributed by atoms with Crippen LogP contribution in [0.1, 0.15) is 44.9 Å². The molecule has 82 valence electrons. The van der Waals surface area contributed by atoms with E-state index in [2.05, 4.69) is 18.2 Å². The van der Waals surface area contributed by atoms with Gasteiger partial charge in [0.2, 0.25) is 5.24 Å². The van der Waals surface area contributed by atoms with Crippen molar-refractivity contribution in [2.75, 3.05) is 0 Å². The highest BCUT2D eigenvalue weighted by Crippen LogP contribution is 2.46. The van der Waals surface area contributed by atoms with Gasteiger partial charge in [0.05, 0.1) is 5.41 Å². The monoisotopic (exact) mass is 224 g/mol. The second kappa shape index (κ2) is 4.52. The van der Waals surface area contributed by atoms with Crippen LogP contribution in [0.2, 0.25) is 0 Å². The predicted molar refractivity (Wildman–Crippen MR) is 62.8 cm³/mol. The molecule has 0 atom stereocenters. The summed E-state index contributed by atoms with van der Waals surface area (Å²) >= 11 is 5.84. The molecule has 0 N–H and O–H groups in total. The van der Waals surface area contributed by atoms with Crippen LogP contribution >= 0.6 is 11.6 Å². The minimum atomic E-state index is -0.315. The normalized spacial score (nSPS) is 24.7. The fourth-order valence-corrected chi connectivity index (χ4v) is 3.11. The third-order valence-corrected chi connectivity index (χ3v) is 4.07. The second-order valence-electron chi connectivity index (χ2n) is 4.58. The van der Waals surface area contributed by atoms with Crippen molar-refractivity contribution >= 4 is 16.8 Å². The zero-order valence-corrected chi connectivity index (χ0v) is 9.72. The van der Waals surface area contributed by atoms with Crippen molar-refractivity contribution < 1.29 is 4.79 Å². The van der Waals surface area contributed by atoms with Crippen molar-refractivity contribution in [2.24, 2.45) is 5.41 Å². The summed E-state index contributed by atoms with van der Waals surface area (Å²) in [6, 6.07) is 0. The van der Waals surface area contributed by atoms with Gasteiger partial charge in [-0.3, -0.25) is 4.79 Å². The van der Waals surface area contributed by atoms with E-state index in [1.54, 1.807) is 0 Å². The third kappa shape index (κ3) is 2.03. The lowest BCUT2D eigenvalue weighted by Crippen LogP contribution is -2.33. The van der Waals surface area contributed by atoms with E-state index in [1.807, 2.05) is 0 Å². The Morgan fingerprint density at radius 3 is 2.53 bits per heavy atom. The summed E-state index contributed by atoms with van der Waals surface area (Å²) < 4.78 is 0. The first-order chi connectivity index (χ1) is 7.26. The van der Waals surface area contributed by atoms with E-state index in [0.717, 1.165) is 38.5 Å².